The summed E-state index contributed by atoms with van der Waals surface area (Å²) in [6, 6.07) is 0. The van der Waals surface area contributed by atoms with E-state index in [1.54, 1.807) is 25.7 Å². The summed E-state index contributed by atoms with van der Waals surface area (Å²) in [7, 11) is 0. The molecule has 0 saturated carbocycles. The number of hydrogen-bond donors (Lipinski definition) is 1. The summed E-state index contributed by atoms with van der Waals surface area (Å²) in [5.74, 6) is -1.15. The van der Waals surface area contributed by atoms with Gasteiger partial charge in [0.25, 0.3) is 11.8 Å². The third kappa shape index (κ3) is 3.78. The van der Waals surface area contributed by atoms with E-state index < -0.39 is 23.5 Å². The first-order valence-electron chi connectivity index (χ1n) is 5.76. The van der Waals surface area contributed by atoms with Gasteiger partial charge in [-0.2, -0.15) is 4.90 Å². The van der Waals surface area contributed by atoms with Gasteiger partial charge in [-0.15, -0.1) is 0 Å². The fraction of sp³-hybridized carbons (Fsp3) is 0.727. The van der Waals surface area contributed by atoms with Crippen LogP contribution >= 0.6 is 0 Å². The van der Waals surface area contributed by atoms with Gasteiger partial charge in [0.2, 0.25) is 0 Å². The first-order valence-corrected chi connectivity index (χ1v) is 5.76. The summed E-state index contributed by atoms with van der Waals surface area (Å²) < 4.78 is 5.02. The lowest BCUT2D eigenvalue weighted by Crippen LogP contribution is -2.57. The zero-order valence-electron chi connectivity index (χ0n) is 10.9. The van der Waals surface area contributed by atoms with E-state index in [9.17, 15) is 14.4 Å². The average Bonchev–Trinajstić information content (AvgIpc) is 2.13. The highest BCUT2D eigenvalue weighted by Gasteiger charge is 2.37. The number of hydrogen-bond acceptors (Lipinski definition) is 6. The number of carbonyl (C=O) groups is 3. The third-order valence-electron chi connectivity index (χ3n) is 2.24. The molecule has 18 heavy (non-hydrogen) atoms. The number of carbonyl (C=O) groups excluding carboxylic acids is 3. The van der Waals surface area contributed by atoms with Gasteiger partial charge in [-0.25, -0.2) is 4.79 Å². The first kappa shape index (κ1) is 14.6. The molecule has 7 heteroatoms. The molecule has 0 atom stereocenters. The lowest BCUT2D eigenvalue weighted by atomic mass is 10.2. The molecule has 0 radical (unpaired) electrons. The summed E-state index contributed by atoms with van der Waals surface area (Å²) in [6.07, 6.45) is -0.912. The van der Waals surface area contributed by atoms with Crippen molar-refractivity contribution in [3.63, 3.8) is 0 Å². The van der Waals surface area contributed by atoms with Crippen molar-refractivity contribution in [3.05, 3.63) is 0 Å². The van der Waals surface area contributed by atoms with E-state index in [4.69, 9.17) is 10.5 Å². The van der Waals surface area contributed by atoms with Gasteiger partial charge in [-0.05, 0) is 20.8 Å². The molecule has 0 aromatic heterocycles. The molecule has 7 nitrogen and oxygen atoms in total. The smallest absolute Gasteiger partial charge is 0.424 e. The van der Waals surface area contributed by atoms with E-state index in [-0.39, 0.29) is 13.1 Å². The Morgan fingerprint density at radius 1 is 1.28 bits per heavy atom. The van der Waals surface area contributed by atoms with Crippen molar-refractivity contribution >= 4 is 17.9 Å². The highest BCUT2D eigenvalue weighted by molar-refractivity contribution is 6.11. The van der Waals surface area contributed by atoms with Crippen LogP contribution < -0.4 is 5.73 Å². The molecule has 0 aliphatic carbocycles. The van der Waals surface area contributed by atoms with Crippen molar-refractivity contribution < 1.29 is 19.1 Å². The molecule has 1 saturated heterocycles. The second-order valence-corrected chi connectivity index (χ2v) is 5.10. The van der Waals surface area contributed by atoms with Gasteiger partial charge in [-0.1, -0.05) is 0 Å². The zero-order valence-corrected chi connectivity index (χ0v) is 10.9. The molecule has 102 valence electrons. The van der Waals surface area contributed by atoms with E-state index in [0.717, 1.165) is 0 Å². The highest BCUT2D eigenvalue weighted by atomic mass is 16.6. The third-order valence-corrected chi connectivity index (χ3v) is 2.24. The van der Waals surface area contributed by atoms with Crippen molar-refractivity contribution in [2.45, 2.75) is 26.4 Å². The van der Waals surface area contributed by atoms with Crippen molar-refractivity contribution in [1.82, 2.24) is 9.80 Å². The quantitative estimate of drug-likeness (QED) is 0.674. The van der Waals surface area contributed by atoms with Gasteiger partial charge < -0.3 is 10.5 Å². The van der Waals surface area contributed by atoms with E-state index in [2.05, 4.69) is 0 Å². The second kappa shape index (κ2) is 5.45. The Bertz CT molecular complexity index is 344. The number of nitrogens with zero attached hydrogens (tertiary/aromatic N) is 2. The van der Waals surface area contributed by atoms with Gasteiger partial charge in [0, 0.05) is 13.1 Å². The van der Waals surface area contributed by atoms with Crippen molar-refractivity contribution in [2.75, 3.05) is 26.2 Å². The molecule has 1 aliphatic rings. The molecule has 1 aliphatic heterocycles. The topological polar surface area (TPSA) is 92.9 Å². The van der Waals surface area contributed by atoms with Gasteiger partial charge in [-0.3, -0.25) is 14.5 Å². The Morgan fingerprint density at radius 3 is 2.17 bits per heavy atom. The van der Waals surface area contributed by atoms with E-state index in [1.165, 1.54) is 0 Å². The standard InChI is InChI=1S/C11H19N3O4/c1-11(2,3)18-10(17)14-8(15)6-13(5-4-12)7-9(14)16/h4-7,12H2,1-3H3. The van der Waals surface area contributed by atoms with Gasteiger partial charge in [0.1, 0.15) is 5.60 Å². The monoisotopic (exact) mass is 257 g/mol. The minimum absolute atomic E-state index is 0.00217. The lowest BCUT2D eigenvalue weighted by molar-refractivity contribution is -0.149. The van der Waals surface area contributed by atoms with Gasteiger partial charge in [0.15, 0.2) is 0 Å². The largest absolute Gasteiger partial charge is 0.443 e. The molecule has 0 aromatic carbocycles. The van der Waals surface area contributed by atoms with Crippen molar-refractivity contribution in [2.24, 2.45) is 5.73 Å². The van der Waals surface area contributed by atoms with Crippen LogP contribution in [0.4, 0.5) is 4.79 Å². The molecular weight excluding hydrogens is 238 g/mol. The van der Waals surface area contributed by atoms with E-state index in [0.29, 0.717) is 18.0 Å². The van der Waals surface area contributed by atoms with Crippen LogP contribution in [0.25, 0.3) is 0 Å². The van der Waals surface area contributed by atoms with Crippen LogP contribution in [0.15, 0.2) is 0 Å². The lowest BCUT2D eigenvalue weighted by Gasteiger charge is -2.32. The normalized spacial score (nSPS) is 18.1. The average molecular weight is 257 g/mol. The maximum absolute atomic E-state index is 11.7. The Morgan fingerprint density at radius 2 is 1.78 bits per heavy atom. The summed E-state index contributed by atoms with van der Waals surface area (Å²) in [5.41, 5.74) is 4.61. The fourth-order valence-corrected chi connectivity index (χ4v) is 1.57. The summed E-state index contributed by atoms with van der Waals surface area (Å²) in [4.78, 5) is 37.4. The Hall–Kier alpha value is -1.47. The molecule has 1 fully saturated rings. The van der Waals surface area contributed by atoms with Crippen LogP contribution in [0.2, 0.25) is 0 Å². The van der Waals surface area contributed by atoms with Crippen LogP contribution in [-0.4, -0.2) is 59.5 Å². The van der Waals surface area contributed by atoms with Crippen LogP contribution in [0.5, 0.6) is 0 Å². The van der Waals surface area contributed by atoms with Crippen molar-refractivity contribution in [1.29, 1.82) is 0 Å². The molecule has 3 amide bonds. The highest BCUT2D eigenvalue weighted by Crippen LogP contribution is 2.13. The number of ether oxygens (including phenoxy) is 1. The number of nitrogens with two attached hydrogens (primary N) is 1. The number of imide groups is 3. The van der Waals surface area contributed by atoms with Crippen LogP contribution in [-0.2, 0) is 14.3 Å². The predicted octanol–water partition coefficient (Wildman–Crippen LogP) is -0.449. The maximum atomic E-state index is 11.7. The van der Waals surface area contributed by atoms with Crippen LogP contribution in [0.1, 0.15) is 20.8 Å². The Balaban J connectivity index is 2.71. The summed E-state index contributed by atoms with van der Waals surface area (Å²) in [5, 5.41) is 0. The minimum atomic E-state index is -0.912. The second-order valence-electron chi connectivity index (χ2n) is 5.10. The van der Waals surface area contributed by atoms with Crippen LogP contribution in [0, 0.1) is 0 Å². The molecule has 1 rings (SSSR count). The molecule has 0 unspecified atom stereocenters. The van der Waals surface area contributed by atoms with Gasteiger partial charge in [0.05, 0.1) is 13.1 Å². The summed E-state index contributed by atoms with van der Waals surface area (Å²) >= 11 is 0. The van der Waals surface area contributed by atoms with Crippen molar-refractivity contribution in [3.8, 4) is 0 Å². The minimum Gasteiger partial charge on any atom is -0.443 e. The molecular formula is C11H19N3O4. The molecule has 2 N–H and O–H groups in total. The maximum Gasteiger partial charge on any atom is 0.424 e. The number of piperazine rings is 1. The number of amides is 3. The zero-order chi connectivity index (χ0) is 13.9. The SMILES string of the molecule is CC(C)(C)OC(=O)N1C(=O)CN(CCN)CC1=O. The Labute approximate surface area is 106 Å². The van der Waals surface area contributed by atoms with Crippen LogP contribution in [0.3, 0.4) is 0 Å². The number of rotatable bonds is 2. The first-order chi connectivity index (χ1) is 8.24. The molecule has 0 bridgehead atoms. The van der Waals surface area contributed by atoms with E-state index in [1.807, 2.05) is 0 Å². The molecule has 0 aromatic rings. The fourth-order valence-electron chi connectivity index (χ4n) is 1.57. The predicted molar refractivity (Wildman–Crippen MR) is 63.6 cm³/mol. The Kier molecular flexibility index (Phi) is 4.42. The molecule has 0 spiro atoms. The van der Waals surface area contributed by atoms with E-state index >= 15 is 0 Å². The van der Waals surface area contributed by atoms with Gasteiger partial charge >= 0.3 is 6.09 Å². The summed E-state index contributed by atoms with van der Waals surface area (Å²) in [6.45, 7) is 5.82. The molecule has 1 heterocycles.